The van der Waals surface area contributed by atoms with E-state index in [0.717, 1.165) is 16.3 Å². The lowest BCUT2D eigenvalue weighted by atomic mass is 10.0. The molecule has 4 rings (SSSR count). The van der Waals surface area contributed by atoms with Crippen LogP contribution in [0.25, 0.3) is 21.8 Å². The van der Waals surface area contributed by atoms with Gasteiger partial charge in [-0.3, -0.25) is 14.2 Å². The smallest absolute Gasteiger partial charge is 0.263 e. The number of carbonyl (C=O) groups excluding carboxylic acids is 1. The molecule has 0 fully saturated rings. The van der Waals surface area contributed by atoms with E-state index in [1.54, 1.807) is 18.3 Å². The second-order valence-electron chi connectivity index (χ2n) is 6.45. The molecular formula is C21H18N4O2. The molecule has 134 valence electrons. The Morgan fingerprint density at radius 1 is 1.07 bits per heavy atom. The van der Waals surface area contributed by atoms with Gasteiger partial charge >= 0.3 is 0 Å². The largest absolute Gasteiger partial charge is 0.348 e. The normalized spacial score (nSPS) is 12.2. The number of amides is 1. The molecule has 1 unspecified atom stereocenters. The number of rotatable bonds is 4. The first-order valence-electron chi connectivity index (χ1n) is 8.70. The molecule has 0 aliphatic heterocycles. The molecular weight excluding hydrogens is 340 g/mol. The van der Waals surface area contributed by atoms with Gasteiger partial charge in [-0.25, -0.2) is 9.97 Å². The zero-order valence-corrected chi connectivity index (χ0v) is 14.8. The van der Waals surface area contributed by atoms with Crippen LogP contribution in [0.5, 0.6) is 0 Å². The van der Waals surface area contributed by atoms with Gasteiger partial charge in [0.15, 0.2) is 5.65 Å². The van der Waals surface area contributed by atoms with Crippen molar-refractivity contribution >= 4 is 27.7 Å². The van der Waals surface area contributed by atoms with Crippen LogP contribution in [0.3, 0.4) is 0 Å². The van der Waals surface area contributed by atoms with E-state index in [1.165, 1.54) is 10.9 Å². The third kappa shape index (κ3) is 3.42. The quantitative estimate of drug-likeness (QED) is 0.609. The maximum absolute atomic E-state index is 12.5. The Kier molecular flexibility index (Phi) is 4.38. The summed E-state index contributed by atoms with van der Waals surface area (Å²) >= 11 is 0. The zero-order chi connectivity index (χ0) is 18.8. The first kappa shape index (κ1) is 16.9. The third-order valence-corrected chi connectivity index (χ3v) is 4.56. The lowest BCUT2D eigenvalue weighted by Crippen LogP contribution is -2.34. The predicted octanol–water partition coefficient (Wildman–Crippen LogP) is 2.82. The van der Waals surface area contributed by atoms with Crippen molar-refractivity contribution in [2.24, 2.45) is 0 Å². The van der Waals surface area contributed by atoms with Crippen LogP contribution in [-0.2, 0) is 11.3 Å². The first-order chi connectivity index (χ1) is 13.1. The second-order valence-corrected chi connectivity index (χ2v) is 6.45. The monoisotopic (exact) mass is 358 g/mol. The topological polar surface area (TPSA) is 76.9 Å². The molecule has 1 amide bonds. The van der Waals surface area contributed by atoms with Gasteiger partial charge in [-0.1, -0.05) is 36.4 Å². The number of nitrogens with one attached hydrogen (secondary N) is 1. The molecule has 4 aromatic rings. The van der Waals surface area contributed by atoms with E-state index < -0.39 is 0 Å². The van der Waals surface area contributed by atoms with Crippen molar-refractivity contribution in [1.29, 1.82) is 0 Å². The van der Waals surface area contributed by atoms with Crippen molar-refractivity contribution in [3.05, 3.63) is 83.0 Å². The summed E-state index contributed by atoms with van der Waals surface area (Å²) in [6, 6.07) is 17.4. The second kappa shape index (κ2) is 6.99. The number of nitrogens with zero attached hydrogens (tertiary/aromatic N) is 3. The fourth-order valence-electron chi connectivity index (χ4n) is 3.11. The van der Waals surface area contributed by atoms with E-state index in [2.05, 4.69) is 27.4 Å². The maximum Gasteiger partial charge on any atom is 0.263 e. The molecule has 1 atom stereocenters. The van der Waals surface area contributed by atoms with Crippen molar-refractivity contribution < 1.29 is 4.79 Å². The highest BCUT2D eigenvalue weighted by molar-refractivity contribution is 5.83. The SMILES string of the molecule is CC(NC(=O)Cn1cnc2ncccc2c1=O)c1ccc2ccccc2c1. The van der Waals surface area contributed by atoms with Gasteiger partial charge in [0.25, 0.3) is 5.56 Å². The number of hydrogen-bond acceptors (Lipinski definition) is 4. The summed E-state index contributed by atoms with van der Waals surface area (Å²) in [5, 5.41) is 5.62. The van der Waals surface area contributed by atoms with Crippen molar-refractivity contribution in [3.8, 4) is 0 Å². The highest BCUT2D eigenvalue weighted by Gasteiger charge is 2.12. The standard InChI is InChI=1S/C21H18N4O2/c1-14(16-9-8-15-5-2-3-6-17(15)11-16)24-19(26)12-25-13-23-20-18(21(25)27)7-4-10-22-20/h2-11,13-14H,12H2,1H3,(H,24,26). The van der Waals surface area contributed by atoms with Gasteiger partial charge in [-0.05, 0) is 41.5 Å². The summed E-state index contributed by atoms with van der Waals surface area (Å²) < 4.78 is 1.30. The summed E-state index contributed by atoms with van der Waals surface area (Å²) in [7, 11) is 0. The summed E-state index contributed by atoms with van der Waals surface area (Å²) in [5.41, 5.74) is 1.11. The highest BCUT2D eigenvalue weighted by Crippen LogP contribution is 2.20. The van der Waals surface area contributed by atoms with Crippen LogP contribution in [0, 0.1) is 0 Å². The van der Waals surface area contributed by atoms with E-state index in [-0.39, 0.29) is 24.1 Å². The molecule has 2 aromatic carbocycles. The van der Waals surface area contributed by atoms with E-state index in [9.17, 15) is 9.59 Å². The van der Waals surface area contributed by atoms with E-state index in [4.69, 9.17) is 0 Å². The van der Waals surface area contributed by atoms with Gasteiger partial charge in [0, 0.05) is 6.20 Å². The molecule has 6 nitrogen and oxygen atoms in total. The average Bonchev–Trinajstić information content (AvgIpc) is 2.70. The molecule has 0 saturated heterocycles. The fourth-order valence-corrected chi connectivity index (χ4v) is 3.11. The Bertz CT molecular complexity index is 1200. The van der Waals surface area contributed by atoms with Crippen molar-refractivity contribution in [2.45, 2.75) is 19.5 Å². The van der Waals surface area contributed by atoms with Crippen molar-refractivity contribution in [3.63, 3.8) is 0 Å². The third-order valence-electron chi connectivity index (χ3n) is 4.56. The number of hydrogen-bond donors (Lipinski definition) is 1. The first-order valence-corrected chi connectivity index (χ1v) is 8.70. The van der Waals surface area contributed by atoms with Crippen LogP contribution >= 0.6 is 0 Å². The zero-order valence-electron chi connectivity index (χ0n) is 14.8. The lowest BCUT2D eigenvalue weighted by Gasteiger charge is -2.15. The van der Waals surface area contributed by atoms with E-state index in [1.807, 2.05) is 37.3 Å². The maximum atomic E-state index is 12.5. The molecule has 1 N–H and O–H groups in total. The summed E-state index contributed by atoms with van der Waals surface area (Å²) in [5.74, 6) is -0.247. The van der Waals surface area contributed by atoms with E-state index in [0.29, 0.717) is 11.0 Å². The summed E-state index contributed by atoms with van der Waals surface area (Å²) in [4.78, 5) is 33.1. The number of fused-ring (bicyclic) bond motifs is 2. The van der Waals surface area contributed by atoms with Crippen LogP contribution in [0.15, 0.2) is 71.9 Å². The van der Waals surface area contributed by atoms with Crippen molar-refractivity contribution in [1.82, 2.24) is 19.9 Å². The van der Waals surface area contributed by atoms with E-state index >= 15 is 0 Å². The minimum atomic E-state index is -0.276. The molecule has 0 saturated carbocycles. The molecule has 2 heterocycles. The Labute approximate surface area is 155 Å². The van der Waals surface area contributed by atoms with Gasteiger partial charge in [-0.2, -0.15) is 0 Å². The number of benzene rings is 2. The summed E-state index contributed by atoms with van der Waals surface area (Å²) in [6.45, 7) is 1.84. The Morgan fingerprint density at radius 2 is 1.89 bits per heavy atom. The van der Waals surface area contributed by atoms with Crippen molar-refractivity contribution in [2.75, 3.05) is 0 Å². The van der Waals surface area contributed by atoms with Gasteiger partial charge < -0.3 is 5.32 Å². The van der Waals surface area contributed by atoms with Gasteiger partial charge in [0.05, 0.1) is 11.4 Å². The van der Waals surface area contributed by atoms with Crippen LogP contribution in [0.2, 0.25) is 0 Å². The number of carbonyl (C=O) groups is 1. The Hall–Kier alpha value is -3.54. The number of aromatic nitrogens is 3. The molecule has 6 heteroatoms. The Morgan fingerprint density at radius 3 is 2.74 bits per heavy atom. The highest BCUT2D eigenvalue weighted by atomic mass is 16.2. The lowest BCUT2D eigenvalue weighted by molar-refractivity contribution is -0.122. The molecule has 27 heavy (non-hydrogen) atoms. The molecule has 0 aliphatic carbocycles. The minimum absolute atomic E-state index is 0.0887. The van der Waals surface area contributed by atoms with Crippen LogP contribution in [0.1, 0.15) is 18.5 Å². The molecule has 0 spiro atoms. The van der Waals surface area contributed by atoms with Gasteiger partial charge in [-0.15, -0.1) is 0 Å². The molecule has 0 aliphatic rings. The molecule has 2 aromatic heterocycles. The number of pyridine rings is 1. The molecule has 0 bridgehead atoms. The average molecular weight is 358 g/mol. The van der Waals surface area contributed by atoms with Gasteiger partial charge in [0.2, 0.25) is 5.91 Å². The predicted molar refractivity (Wildman–Crippen MR) is 104 cm³/mol. The van der Waals surface area contributed by atoms with Crippen LogP contribution in [-0.4, -0.2) is 20.4 Å². The minimum Gasteiger partial charge on any atom is -0.348 e. The van der Waals surface area contributed by atoms with Crippen LogP contribution < -0.4 is 10.9 Å². The molecule has 0 radical (unpaired) electrons. The Balaban J connectivity index is 1.51. The van der Waals surface area contributed by atoms with Crippen LogP contribution in [0.4, 0.5) is 0 Å². The van der Waals surface area contributed by atoms with Gasteiger partial charge in [0.1, 0.15) is 12.9 Å². The summed E-state index contributed by atoms with van der Waals surface area (Å²) in [6.07, 6.45) is 2.94. The fraction of sp³-hybridized carbons (Fsp3) is 0.143.